The monoisotopic (exact) mass is 353 g/mol. The van der Waals surface area contributed by atoms with Crippen molar-refractivity contribution in [1.29, 1.82) is 0 Å². The normalized spacial score (nSPS) is 16.5. The van der Waals surface area contributed by atoms with Crippen LogP contribution in [0.25, 0.3) is 0 Å². The van der Waals surface area contributed by atoms with Crippen LogP contribution in [0.4, 0.5) is 8.78 Å². The number of aromatic nitrogens is 2. The summed E-state index contributed by atoms with van der Waals surface area (Å²) in [5.41, 5.74) is 4.14. The molecule has 0 saturated carbocycles. The molecule has 0 fully saturated rings. The zero-order chi connectivity index (χ0) is 17.9. The zero-order valence-corrected chi connectivity index (χ0v) is 14.5. The molecular formula is C21H21F2N3. The molecule has 0 radical (unpaired) electrons. The van der Waals surface area contributed by atoms with E-state index in [1.165, 1.54) is 29.0 Å². The molecule has 0 saturated heterocycles. The van der Waals surface area contributed by atoms with Crippen LogP contribution in [0.1, 0.15) is 41.3 Å². The van der Waals surface area contributed by atoms with E-state index in [-0.39, 0.29) is 6.04 Å². The predicted molar refractivity (Wildman–Crippen MR) is 96.6 cm³/mol. The van der Waals surface area contributed by atoms with Gasteiger partial charge in [0.2, 0.25) is 0 Å². The second-order valence-corrected chi connectivity index (χ2v) is 6.75. The highest BCUT2D eigenvalue weighted by atomic mass is 19.1. The summed E-state index contributed by atoms with van der Waals surface area (Å²) in [5, 5.41) is 8.00. The van der Waals surface area contributed by atoms with Crippen molar-refractivity contribution < 1.29 is 8.78 Å². The molecule has 1 atom stereocenters. The summed E-state index contributed by atoms with van der Waals surface area (Å²) in [4.78, 5) is 0. The van der Waals surface area contributed by atoms with Gasteiger partial charge in [0.1, 0.15) is 11.6 Å². The number of nitrogens with one attached hydrogen (secondary N) is 1. The van der Waals surface area contributed by atoms with Crippen molar-refractivity contribution >= 4 is 0 Å². The van der Waals surface area contributed by atoms with Gasteiger partial charge in [0.15, 0.2) is 0 Å². The molecular weight excluding hydrogens is 332 g/mol. The lowest BCUT2D eigenvalue weighted by atomic mass is 9.92. The van der Waals surface area contributed by atoms with Crippen LogP contribution in [-0.4, -0.2) is 9.78 Å². The average molecular weight is 353 g/mol. The minimum absolute atomic E-state index is 0.146. The SMILES string of the molecule is Fc1ccc(CNC2CCCc3c2cnn3Cc2ccccc2)c(F)c1. The fourth-order valence-corrected chi connectivity index (χ4v) is 3.62. The predicted octanol–water partition coefficient (Wildman–Crippen LogP) is 4.38. The molecule has 0 spiro atoms. The maximum atomic E-state index is 13.9. The summed E-state index contributed by atoms with van der Waals surface area (Å²) >= 11 is 0. The molecule has 1 heterocycles. The zero-order valence-electron chi connectivity index (χ0n) is 14.5. The van der Waals surface area contributed by atoms with Crippen molar-refractivity contribution in [3.8, 4) is 0 Å². The molecule has 0 bridgehead atoms. The van der Waals surface area contributed by atoms with Crippen LogP contribution in [-0.2, 0) is 19.5 Å². The fourth-order valence-electron chi connectivity index (χ4n) is 3.62. The first-order chi connectivity index (χ1) is 12.7. The third-order valence-corrected chi connectivity index (χ3v) is 4.99. The first-order valence-electron chi connectivity index (χ1n) is 8.96. The number of nitrogens with zero attached hydrogens (tertiary/aromatic N) is 2. The Bertz CT molecular complexity index is 890. The van der Waals surface area contributed by atoms with Gasteiger partial charge in [-0.05, 0) is 30.9 Å². The van der Waals surface area contributed by atoms with Gasteiger partial charge in [-0.25, -0.2) is 8.78 Å². The molecule has 1 aliphatic carbocycles. The topological polar surface area (TPSA) is 29.9 Å². The Morgan fingerprint density at radius 2 is 1.96 bits per heavy atom. The molecule has 1 unspecified atom stereocenters. The lowest BCUT2D eigenvalue weighted by molar-refractivity contribution is 0.443. The molecule has 4 rings (SSSR count). The van der Waals surface area contributed by atoms with Gasteiger partial charge in [0.25, 0.3) is 0 Å². The summed E-state index contributed by atoms with van der Waals surface area (Å²) in [5.74, 6) is -1.05. The van der Waals surface area contributed by atoms with Crippen molar-refractivity contribution in [3.05, 3.63) is 88.7 Å². The van der Waals surface area contributed by atoms with Gasteiger partial charge in [0.05, 0.1) is 12.7 Å². The van der Waals surface area contributed by atoms with Gasteiger partial charge in [-0.15, -0.1) is 0 Å². The maximum Gasteiger partial charge on any atom is 0.130 e. The largest absolute Gasteiger partial charge is 0.306 e. The molecule has 1 N–H and O–H groups in total. The van der Waals surface area contributed by atoms with Crippen LogP contribution in [0.15, 0.2) is 54.7 Å². The number of fused-ring (bicyclic) bond motifs is 1. The molecule has 0 aliphatic heterocycles. The van der Waals surface area contributed by atoms with Gasteiger partial charge < -0.3 is 5.32 Å². The second-order valence-electron chi connectivity index (χ2n) is 6.75. The average Bonchev–Trinajstić information content (AvgIpc) is 3.05. The Hall–Kier alpha value is -2.53. The third kappa shape index (κ3) is 3.53. The highest BCUT2D eigenvalue weighted by Crippen LogP contribution is 2.30. The van der Waals surface area contributed by atoms with E-state index in [4.69, 9.17) is 0 Å². The smallest absolute Gasteiger partial charge is 0.130 e. The Labute approximate surface area is 151 Å². The quantitative estimate of drug-likeness (QED) is 0.738. The first-order valence-corrected chi connectivity index (χ1v) is 8.96. The Kier molecular flexibility index (Phi) is 4.80. The van der Waals surface area contributed by atoms with Crippen molar-refractivity contribution in [3.63, 3.8) is 0 Å². The number of hydrogen-bond donors (Lipinski definition) is 1. The van der Waals surface area contributed by atoms with E-state index in [2.05, 4.69) is 27.2 Å². The standard InChI is InChI=1S/C21H21F2N3/c22-17-10-9-16(19(23)11-17)12-24-20-7-4-8-21-18(20)13-25-26(21)14-15-5-2-1-3-6-15/h1-3,5-6,9-11,13,20,24H,4,7-8,12,14H2. The Balaban J connectivity index is 1.49. The number of halogens is 2. The Morgan fingerprint density at radius 3 is 2.77 bits per heavy atom. The van der Waals surface area contributed by atoms with E-state index >= 15 is 0 Å². The van der Waals surface area contributed by atoms with Gasteiger partial charge >= 0.3 is 0 Å². The molecule has 5 heteroatoms. The van der Waals surface area contributed by atoms with Gasteiger partial charge in [-0.1, -0.05) is 36.4 Å². The van der Waals surface area contributed by atoms with E-state index in [1.807, 2.05) is 24.4 Å². The van der Waals surface area contributed by atoms with Crippen LogP contribution in [0, 0.1) is 11.6 Å². The molecule has 0 amide bonds. The van der Waals surface area contributed by atoms with E-state index in [0.717, 1.165) is 31.9 Å². The lowest BCUT2D eigenvalue weighted by Crippen LogP contribution is -2.25. The summed E-state index contributed by atoms with van der Waals surface area (Å²) in [6, 6.07) is 14.2. The van der Waals surface area contributed by atoms with E-state index in [1.54, 1.807) is 0 Å². The number of benzene rings is 2. The lowest BCUT2D eigenvalue weighted by Gasteiger charge is -2.24. The van der Waals surface area contributed by atoms with Crippen LogP contribution in [0.3, 0.4) is 0 Å². The third-order valence-electron chi connectivity index (χ3n) is 4.99. The first kappa shape index (κ1) is 16.9. The van der Waals surface area contributed by atoms with Gasteiger partial charge in [0, 0.05) is 35.5 Å². The van der Waals surface area contributed by atoms with Crippen LogP contribution in [0.2, 0.25) is 0 Å². The van der Waals surface area contributed by atoms with E-state index in [0.29, 0.717) is 12.1 Å². The van der Waals surface area contributed by atoms with Gasteiger partial charge in [-0.2, -0.15) is 5.10 Å². The number of hydrogen-bond acceptors (Lipinski definition) is 2. The molecule has 26 heavy (non-hydrogen) atoms. The highest BCUT2D eigenvalue weighted by Gasteiger charge is 2.24. The van der Waals surface area contributed by atoms with Crippen molar-refractivity contribution in [2.75, 3.05) is 0 Å². The minimum Gasteiger partial charge on any atom is -0.306 e. The van der Waals surface area contributed by atoms with E-state index in [9.17, 15) is 8.78 Å². The molecule has 3 aromatic rings. The summed E-state index contributed by atoms with van der Waals surface area (Å²) < 4.78 is 29.0. The molecule has 1 aromatic heterocycles. The second kappa shape index (κ2) is 7.38. The van der Waals surface area contributed by atoms with Crippen molar-refractivity contribution in [2.24, 2.45) is 0 Å². The highest BCUT2D eigenvalue weighted by molar-refractivity contribution is 5.27. The van der Waals surface area contributed by atoms with Gasteiger partial charge in [-0.3, -0.25) is 4.68 Å². The summed E-state index contributed by atoms with van der Waals surface area (Å²) in [6.45, 7) is 1.13. The van der Waals surface area contributed by atoms with Crippen molar-refractivity contribution in [1.82, 2.24) is 15.1 Å². The van der Waals surface area contributed by atoms with Crippen LogP contribution < -0.4 is 5.32 Å². The molecule has 2 aromatic carbocycles. The molecule has 1 aliphatic rings. The van der Waals surface area contributed by atoms with E-state index < -0.39 is 11.6 Å². The van der Waals surface area contributed by atoms with Crippen LogP contribution >= 0.6 is 0 Å². The molecule has 134 valence electrons. The minimum atomic E-state index is -0.548. The summed E-state index contributed by atoms with van der Waals surface area (Å²) in [7, 11) is 0. The number of rotatable bonds is 5. The fraction of sp³-hybridized carbons (Fsp3) is 0.286. The summed E-state index contributed by atoms with van der Waals surface area (Å²) in [6.07, 6.45) is 4.99. The maximum absolute atomic E-state index is 13.9. The van der Waals surface area contributed by atoms with Crippen molar-refractivity contribution in [2.45, 2.75) is 38.4 Å². The van der Waals surface area contributed by atoms with Crippen LogP contribution in [0.5, 0.6) is 0 Å². The molecule has 3 nitrogen and oxygen atoms in total. The Morgan fingerprint density at radius 1 is 1.12 bits per heavy atom.